The molecule has 2 aliphatic heterocycles. The second-order valence-corrected chi connectivity index (χ2v) is 9.45. The molecule has 1 aromatic heterocycles. The van der Waals surface area contributed by atoms with Crippen molar-refractivity contribution in [3.8, 4) is 22.9 Å². The first-order valence-electron chi connectivity index (χ1n) is 11.6. The first kappa shape index (κ1) is 21.7. The van der Waals surface area contributed by atoms with Gasteiger partial charge in [0, 0.05) is 17.8 Å². The zero-order valence-electron chi connectivity index (χ0n) is 19.1. The van der Waals surface area contributed by atoms with Gasteiger partial charge in [0.25, 0.3) is 0 Å². The number of aryl methyl sites for hydroxylation is 1. The van der Waals surface area contributed by atoms with Gasteiger partial charge in [0.1, 0.15) is 0 Å². The van der Waals surface area contributed by atoms with Crippen LogP contribution in [0.4, 0.5) is 5.69 Å². The summed E-state index contributed by atoms with van der Waals surface area (Å²) in [7, 11) is 0. The number of aromatic nitrogens is 3. The van der Waals surface area contributed by atoms with Crippen molar-refractivity contribution in [2.75, 3.05) is 24.0 Å². The van der Waals surface area contributed by atoms with Gasteiger partial charge in [-0.25, -0.2) is 0 Å². The number of hydrogen-bond donors (Lipinski definition) is 0. The Balaban J connectivity index is 1.27. The Morgan fingerprint density at radius 2 is 1.77 bits per heavy atom. The number of amides is 1. The van der Waals surface area contributed by atoms with Crippen LogP contribution in [0.25, 0.3) is 11.4 Å². The lowest BCUT2D eigenvalue weighted by atomic mass is 10.0. The minimum atomic E-state index is 0.0843. The number of carbonyl (C=O) groups is 1. The molecule has 0 bridgehead atoms. The molecule has 1 amide bonds. The van der Waals surface area contributed by atoms with Crippen molar-refractivity contribution in [2.45, 2.75) is 24.5 Å². The van der Waals surface area contributed by atoms with Crippen LogP contribution in [0.1, 0.15) is 17.5 Å². The number of fused-ring (bicyclic) bond motifs is 2. The Hall–Kier alpha value is -3.78. The molecule has 0 fully saturated rings. The van der Waals surface area contributed by atoms with Crippen LogP contribution < -0.4 is 14.4 Å². The lowest BCUT2D eigenvalue weighted by molar-refractivity contribution is -0.116. The van der Waals surface area contributed by atoms with Gasteiger partial charge in [0.2, 0.25) is 12.7 Å². The van der Waals surface area contributed by atoms with Crippen molar-refractivity contribution < 1.29 is 14.3 Å². The molecule has 35 heavy (non-hydrogen) atoms. The molecule has 3 heterocycles. The molecule has 0 unspecified atom stereocenters. The number of hydrogen-bond acceptors (Lipinski definition) is 6. The van der Waals surface area contributed by atoms with Gasteiger partial charge < -0.3 is 14.4 Å². The average molecular weight is 485 g/mol. The van der Waals surface area contributed by atoms with Crippen molar-refractivity contribution in [3.63, 3.8) is 0 Å². The van der Waals surface area contributed by atoms with Gasteiger partial charge in [-0.15, -0.1) is 10.2 Å². The average Bonchev–Trinajstić information content (AvgIpc) is 3.54. The Bertz CT molecular complexity index is 1370. The second kappa shape index (κ2) is 9.46. The van der Waals surface area contributed by atoms with Gasteiger partial charge in [0.05, 0.1) is 12.3 Å². The maximum atomic E-state index is 13.2. The van der Waals surface area contributed by atoms with Gasteiger partial charge in [-0.2, -0.15) is 0 Å². The summed E-state index contributed by atoms with van der Waals surface area (Å²) in [4.78, 5) is 15.1. The molecule has 3 aromatic carbocycles. The Kier molecular flexibility index (Phi) is 5.88. The van der Waals surface area contributed by atoms with Gasteiger partial charge in [-0.05, 0) is 42.2 Å². The highest BCUT2D eigenvalue weighted by atomic mass is 32.2. The highest BCUT2D eigenvalue weighted by Gasteiger charge is 2.24. The fourth-order valence-electron chi connectivity index (χ4n) is 4.56. The number of benzene rings is 3. The first-order chi connectivity index (χ1) is 17.3. The molecule has 2 aliphatic rings. The predicted octanol–water partition coefficient (Wildman–Crippen LogP) is 4.79. The highest BCUT2D eigenvalue weighted by Crippen LogP contribution is 2.34. The molecule has 0 spiro atoms. The molecule has 0 N–H and O–H groups in total. The molecule has 0 atom stereocenters. The van der Waals surface area contributed by atoms with Crippen LogP contribution >= 0.6 is 11.8 Å². The number of nitrogens with zero attached hydrogens (tertiary/aromatic N) is 4. The third-order valence-electron chi connectivity index (χ3n) is 6.26. The molecule has 0 saturated heterocycles. The van der Waals surface area contributed by atoms with E-state index >= 15 is 0 Å². The molecule has 0 aliphatic carbocycles. The van der Waals surface area contributed by atoms with Crippen LogP contribution in [0.15, 0.2) is 78.0 Å². The lowest BCUT2D eigenvalue weighted by Crippen LogP contribution is -2.36. The van der Waals surface area contributed by atoms with E-state index in [2.05, 4.69) is 20.8 Å². The van der Waals surface area contributed by atoms with E-state index in [1.807, 2.05) is 71.6 Å². The van der Waals surface area contributed by atoms with E-state index in [4.69, 9.17) is 9.47 Å². The van der Waals surface area contributed by atoms with Crippen LogP contribution in [0.3, 0.4) is 0 Å². The third kappa shape index (κ3) is 4.37. The molecule has 0 saturated carbocycles. The standard InChI is InChI=1S/C27H24N4O3S/c32-25(30-14-6-10-20-7-4-5-11-22(20)30)17-35-27-29-28-26(21-8-2-1-3-9-21)31(27)16-19-12-13-23-24(15-19)34-18-33-23/h1-5,7-9,11-13,15H,6,10,14,16-18H2. The highest BCUT2D eigenvalue weighted by molar-refractivity contribution is 7.99. The predicted molar refractivity (Wildman–Crippen MR) is 135 cm³/mol. The topological polar surface area (TPSA) is 69.5 Å². The summed E-state index contributed by atoms with van der Waals surface area (Å²) in [6.45, 7) is 1.54. The minimum absolute atomic E-state index is 0.0843. The Morgan fingerprint density at radius 3 is 2.69 bits per heavy atom. The summed E-state index contributed by atoms with van der Waals surface area (Å²) >= 11 is 1.43. The molecule has 8 heteroatoms. The van der Waals surface area contributed by atoms with E-state index in [-0.39, 0.29) is 12.7 Å². The second-order valence-electron chi connectivity index (χ2n) is 8.51. The van der Waals surface area contributed by atoms with Gasteiger partial charge in [-0.3, -0.25) is 9.36 Å². The zero-order valence-corrected chi connectivity index (χ0v) is 19.9. The monoisotopic (exact) mass is 484 g/mol. The van der Waals surface area contributed by atoms with Gasteiger partial charge in [0.15, 0.2) is 22.5 Å². The quantitative estimate of drug-likeness (QED) is 0.367. The molecule has 176 valence electrons. The summed E-state index contributed by atoms with van der Waals surface area (Å²) in [6, 6.07) is 24.1. The zero-order chi connectivity index (χ0) is 23.6. The molecule has 6 rings (SSSR count). The largest absolute Gasteiger partial charge is 0.454 e. The Labute approximate surface area is 207 Å². The fraction of sp³-hybridized carbons (Fsp3) is 0.222. The van der Waals surface area contributed by atoms with E-state index < -0.39 is 0 Å². The lowest BCUT2D eigenvalue weighted by Gasteiger charge is -2.29. The van der Waals surface area contributed by atoms with Crippen LogP contribution in [0, 0.1) is 0 Å². The third-order valence-corrected chi connectivity index (χ3v) is 7.21. The van der Waals surface area contributed by atoms with E-state index in [1.54, 1.807) is 0 Å². The summed E-state index contributed by atoms with van der Waals surface area (Å²) in [5.41, 5.74) is 4.28. The summed E-state index contributed by atoms with van der Waals surface area (Å²) in [6.07, 6.45) is 1.99. The van der Waals surface area contributed by atoms with E-state index in [9.17, 15) is 4.79 Å². The number of para-hydroxylation sites is 1. The minimum Gasteiger partial charge on any atom is -0.454 e. The van der Waals surface area contributed by atoms with Crippen LogP contribution in [0.2, 0.25) is 0 Å². The number of thioether (sulfide) groups is 1. The van der Waals surface area contributed by atoms with Crippen LogP contribution in [-0.4, -0.2) is 39.8 Å². The summed E-state index contributed by atoms with van der Waals surface area (Å²) in [5.74, 6) is 2.64. The van der Waals surface area contributed by atoms with Gasteiger partial charge in [-0.1, -0.05) is 66.4 Å². The van der Waals surface area contributed by atoms with E-state index in [0.717, 1.165) is 53.5 Å². The maximum Gasteiger partial charge on any atom is 0.237 e. The van der Waals surface area contributed by atoms with Crippen molar-refractivity contribution >= 4 is 23.4 Å². The van der Waals surface area contributed by atoms with E-state index in [0.29, 0.717) is 17.5 Å². The SMILES string of the molecule is O=C(CSc1nnc(-c2ccccc2)n1Cc1ccc2c(c1)OCO2)N1CCCc2ccccc21. The van der Waals surface area contributed by atoms with E-state index in [1.165, 1.54) is 17.3 Å². The van der Waals surface area contributed by atoms with Crippen molar-refractivity contribution in [2.24, 2.45) is 0 Å². The number of carbonyl (C=O) groups excluding carboxylic acids is 1. The first-order valence-corrected chi connectivity index (χ1v) is 12.6. The Morgan fingerprint density at radius 1 is 0.943 bits per heavy atom. The molecular formula is C27H24N4O3S. The maximum absolute atomic E-state index is 13.2. The van der Waals surface area contributed by atoms with Crippen molar-refractivity contribution in [1.82, 2.24) is 14.8 Å². The molecule has 7 nitrogen and oxygen atoms in total. The summed E-state index contributed by atoms with van der Waals surface area (Å²) < 4.78 is 13.1. The summed E-state index contributed by atoms with van der Waals surface area (Å²) in [5, 5.41) is 9.67. The van der Waals surface area contributed by atoms with Gasteiger partial charge >= 0.3 is 0 Å². The normalized spacial score (nSPS) is 14.1. The number of ether oxygens (including phenoxy) is 2. The van der Waals surface area contributed by atoms with Crippen LogP contribution in [0.5, 0.6) is 11.5 Å². The smallest absolute Gasteiger partial charge is 0.237 e. The van der Waals surface area contributed by atoms with Crippen molar-refractivity contribution in [3.05, 3.63) is 83.9 Å². The molecular weight excluding hydrogens is 460 g/mol. The fourth-order valence-corrected chi connectivity index (χ4v) is 5.37. The molecule has 4 aromatic rings. The number of rotatable bonds is 6. The van der Waals surface area contributed by atoms with Crippen molar-refractivity contribution in [1.29, 1.82) is 0 Å². The van der Waals surface area contributed by atoms with Crippen LogP contribution in [-0.2, 0) is 17.8 Å². The number of anilines is 1. The molecule has 0 radical (unpaired) electrons.